The first-order valence-corrected chi connectivity index (χ1v) is 4.56. The Morgan fingerprint density at radius 1 is 1.00 bits per heavy atom. The van der Waals surface area contributed by atoms with E-state index in [0.29, 0.717) is 12.3 Å². The molecule has 0 aliphatic heterocycles. The second-order valence-corrected chi connectivity index (χ2v) is 5.65. The van der Waals surface area contributed by atoms with Crippen molar-refractivity contribution in [3.8, 4) is 6.07 Å². The first-order valence-electron chi connectivity index (χ1n) is 4.56. The monoisotopic (exact) mass is 167 g/mol. The summed E-state index contributed by atoms with van der Waals surface area (Å²) in [6.45, 7) is 13.3. The molecule has 0 unspecified atom stereocenters. The molecule has 0 saturated carbocycles. The molecule has 0 N–H and O–H groups in total. The summed E-state index contributed by atoms with van der Waals surface area (Å²) in [6.07, 6.45) is 0.660. The number of rotatable bonds is 1. The van der Waals surface area contributed by atoms with Gasteiger partial charge in [0.2, 0.25) is 0 Å². The molecule has 0 radical (unpaired) electrons. The average molecular weight is 167 g/mol. The summed E-state index contributed by atoms with van der Waals surface area (Å²) in [6, 6.07) is 2.28. The fourth-order valence-corrected chi connectivity index (χ4v) is 2.00. The highest BCUT2D eigenvalue weighted by Crippen LogP contribution is 2.41. The van der Waals surface area contributed by atoms with E-state index < -0.39 is 0 Å². The molecular weight excluding hydrogens is 146 g/mol. The summed E-state index contributed by atoms with van der Waals surface area (Å²) < 4.78 is 0. The summed E-state index contributed by atoms with van der Waals surface area (Å²) in [5, 5.41) is 8.71. The van der Waals surface area contributed by atoms with Crippen LogP contribution in [0.15, 0.2) is 0 Å². The second-order valence-electron chi connectivity index (χ2n) is 5.65. The molecule has 0 saturated heterocycles. The summed E-state index contributed by atoms with van der Waals surface area (Å²) in [7, 11) is 0. The molecule has 0 rings (SSSR count). The van der Waals surface area contributed by atoms with Crippen LogP contribution in [0.4, 0.5) is 0 Å². The van der Waals surface area contributed by atoms with Crippen LogP contribution < -0.4 is 0 Å². The van der Waals surface area contributed by atoms with Gasteiger partial charge in [-0.15, -0.1) is 0 Å². The second kappa shape index (κ2) is 3.47. The average Bonchev–Trinajstić information content (AvgIpc) is 1.77. The number of hydrogen-bond donors (Lipinski definition) is 0. The van der Waals surface area contributed by atoms with E-state index in [2.05, 4.69) is 47.6 Å². The molecule has 70 valence electrons. The molecule has 0 spiro atoms. The van der Waals surface area contributed by atoms with Gasteiger partial charge in [-0.05, 0) is 16.7 Å². The van der Waals surface area contributed by atoms with Crippen molar-refractivity contribution in [1.29, 1.82) is 5.26 Å². The minimum Gasteiger partial charge on any atom is -0.198 e. The molecular formula is C11H21N. The van der Waals surface area contributed by atoms with E-state index in [0.717, 1.165) is 0 Å². The summed E-state index contributed by atoms with van der Waals surface area (Å²) in [5.74, 6) is 0.468. The number of hydrogen-bond acceptors (Lipinski definition) is 1. The highest BCUT2D eigenvalue weighted by molar-refractivity contribution is 4.90. The Morgan fingerprint density at radius 2 is 1.33 bits per heavy atom. The Balaban J connectivity index is 4.59. The third-order valence-corrected chi connectivity index (χ3v) is 2.39. The Morgan fingerprint density at radius 3 is 1.42 bits per heavy atom. The topological polar surface area (TPSA) is 23.8 Å². The van der Waals surface area contributed by atoms with E-state index in [-0.39, 0.29) is 10.8 Å². The first kappa shape index (κ1) is 11.5. The van der Waals surface area contributed by atoms with Gasteiger partial charge < -0.3 is 0 Å². The van der Waals surface area contributed by atoms with Gasteiger partial charge in [-0.2, -0.15) is 5.26 Å². The maximum absolute atomic E-state index is 8.71. The van der Waals surface area contributed by atoms with Crippen LogP contribution in [0.1, 0.15) is 48.0 Å². The zero-order chi connectivity index (χ0) is 9.99. The quantitative estimate of drug-likeness (QED) is 0.585. The number of nitrogens with zero attached hydrogens (tertiary/aromatic N) is 1. The van der Waals surface area contributed by atoms with Gasteiger partial charge in [-0.1, -0.05) is 41.5 Å². The van der Waals surface area contributed by atoms with Crippen molar-refractivity contribution in [2.45, 2.75) is 48.0 Å². The van der Waals surface area contributed by atoms with Crippen LogP contribution in [0.5, 0.6) is 0 Å². The lowest BCUT2D eigenvalue weighted by atomic mass is 9.65. The van der Waals surface area contributed by atoms with Gasteiger partial charge in [0.05, 0.1) is 6.07 Å². The standard InChI is InChI=1S/C11H21N/c1-10(2,3)9(7-8-12)11(4,5)6/h9H,7H2,1-6H3. The van der Waals surface area contributed by atoms with E-state index in [1.54, 1.807) is 0 Å². The Kier molecular flexibility index (Phi) is 3.33. The molecule has 1 nitrogen and oxygen atoms in total. The van der Waals surface area contributed by atoms with Crippen LogP contribution in [0.25, 0.3) is 0 Å². The third-order valence-electron chi connectivity index (χ3n) is 2.39. The van der Waals surface area contributed by atoms with Gasteiger partial charge in [0, 0.05) is 6.42 Å². The van der Waals surface area contributed by atoms with Crippen molar-refractivity contribution >= 4 is 0 Å². The van der Waals surface area contributed by atoms with Crippen LogP contribution >= 0.6 is 0 Å². The Bertz CT molecular complexity index is 159. The minimum absolute atomic E-state index is 0.230. The molecule has 0 bridgehead atoms. The Hall–Kier alpha value is -0.510. The molecule has 0 fully saturated rings. The smallest absolute Gasteiger partial charge is 0.0625 e. The lowest BCUT2D eigenvalue weighted by Crippen LogP contribution is -2.32. The molecule has 0 atom stereocenters. The Labute approximate surface area is 76.8 Å². The highest BCUT2D eigenvalue weighted by atomic mass is 14.4. The predicted molar refractivity (Wildman–Crippen MR) is 52.6 cm³/mol. The van der Waals surface area contributed by atoms with E-state index >= 15 is 0 Å². The molecule has 0 aliphatic rings. The van der Waals surface area contributed by atoms with Crippen LogP contribution in [-0.2, 0) is 0 Å². The number of nitriles is 1. The van der Waals surface area contributed by atoms with Crippen molar-refractivity contribution in [1.82, 2.24) is 0 Å². The molecule has 12 heavy (non-hydrogen) atoms. The van der Waals surface area contributed by atoms with Crippen molar-refractivity contribution in [2.24, 2.45) is 16.7 Å². The van der Waals surface area contributed by atoms with Crippen LogP contribution in [-0.4, -0.2) is 0 Å². The highest BCUT2D eigenvalue weighted by Gasteiger charge is 2.34. The maximum atomic E-state index is 8.71. The van der Waals surface area contributed by atoms with Crippen LogP contribution in [0.3, 0.4) is 0 Å². The zero-order valence-corrected chi connectivity index (χ0v) is 9.23. The predicted octanol–water partition coefficient (Wildman–Crippen LogP) is 3.61. The van der Waals surface area contributed by atoms with Gasteiger partial charge in [0.25, 0.3) is 0 Å². The summed E-state index contributed by atoms with van der Waals surface area (Å²) in [5.41, 5.74) is 0.460. The molecule has 0 aromatic rings. The first-order chi connectivity index (χ1) is 5.19. The van der Waals surface area contributed by atoms with Crippen molar-refractivity contribution < 1.29 is 0 Å². The van der Waals surface area contributed by atoms with E-state index in [4.69, 9.17) is 5.26 Å². The van der Waals surface area contributed by atoms with E-state index in [9.17, 15) is 0 Å². The van der Waals surface area contributed by atoms with E-state index in [1.807, 2.05) is 0 Å². The fourth-order valence-electron chi connectivity index (χ4n) is 2.00. The van der Waals surface area contributed by atoms with Gasteiger partial charge in [0.1, 0.15) is 0 Å². The fraction of sp³-hybridized carbons (Fsp3) is 0.909. The lowest BCUT2D eigenvalue weighted by Gasteiger charge is -2.39. The van der Waals surface area contributed by atoms with Crippen LogP contribution in [0, 0.1) is 28.1 Å². The van der Waals surface area contributed by atoms with Crippen molar-refractivity contribution in [3.05, 3.63) is 0 Å². The summed E-state index contributed by atoms with van der Waals surface area (Å²) >= 11 is 0. The van der Waals surface area contributed by atoms with Crippen molar-refractivity contribution in [2.75, 3.05) is 0 Å². The van der Waals surface area contributed by atoms with Gasteiger partial charge in [-0.25, -0.2) is 0 Å². The van der Waals surface area contributed by atoms with Crippen LogP contribution in [0.2, 0.25) is 0 Å². The molecule has 1 heteroatoms. The lowest BCUT2D eigenvalue weighted by molar-refractivity contribution is 0.106. The molecule has 0 heterocycles. The summed E-state index contributed by atoms with van der Waals surface area (Å²) in [4.78, 5) is 0. The molecule has 0 aromatic heterocycles. The third kappa shape index (κ3) is 3.26. The largest absolute Gasteiger partial charge is 0.198 e. The maximum Gasteiger partial charge on any atom is 0.0625 e. The van der Waals surface area contributed by atoms with Gasteiger partial charge >= 0.3 is 0 Å². The molecule has 0 aromatic carbocycles. The van der Waals surface area contributed by atoms with E-state index in [1.165, 1.54) is 0 Å². The molecule has 0 amide bonds. The normalized spacial score (nSPS) is 13.2. The zero-order valence-electron chi connectivity index (χ0n) is 9.23. The minimum atomic E-state index is 0.230. The van der Waals surface area contributed by atoms with Crippen molar-refractivity contribution in [3.63, 3.8) is 0 Å². The van der Waals surface area contributed by atoms with Gasteiger partial charge in [-0.3, -0.25) is 0 Å². The van der Waals surface area contributed by atoms with Gasteiger partial charge in [0.15, 0.2) is 0 Å². The molecule has 0 aliphatic carbocycles. The SMILES string of the molecule is CC(C)(C)C(CC#N)C(C)(C)C.